The van der Waals surface area contributed by atoms with Crippen molar-refractivity contribution in [3.05, 3.63) is 0 Å². The topological polar surface area (TPSA) is 44.4 Å². The molecule has 0 radical (unpaired) electrons. The maximum atomic E-state index is 11.6. The molecule has 16 heavy (non-hydrogen) atoms. The van der Waals surface area contributed by atoms with E-state index in [0.29, 0.717) is 18.6 Å². The van der Waals surface area contributed by atoms with Crippen molar-refractivity contribution in [2.75, 3.05) is 26.7 Å². The Morgan fingerprint density at radius 1 is 1.44 bits per heavy atom. The van der Waals surface area contributed by atoms with Crippen LogP contribution in [-0.4, -0.2) is 49.6 Å². The number of likely N-dealkylation sites (N-methyl/N-ethyl adjacent to an activating group) is 1. The van der Waals surface area contributed by atoms with Crippen LogP contribution in [-0.2, 0) is 4.79 Å². The first-order chi connectivity index (χ1) is 7.65. The molecule has 0 aromatic rings. The van der Waals surface area contributed by atoms with Crippen molar-refractivity contribution in [2.24, 2.45) is 0 Å². The lowest BCUT2D eigenvalue weighted by atomic mass is 10.2. The Labute approximate surface area is 98.8 Å². The van der Waals surface area contributed by atoms with Crippen molar-refractivity contribution >= 4 is 5.91 Å². The third kappa shape index (κ3) is 4.49. The smallest absolute Gasteiger partial charge is 0.234 e. The monoisotopic (exact) mass is 227 g/mol. The van der Waals surface area contributed by atoms with E-state index in [1.54, 1.807) is 0 Å². The van der Waals surface area contributed by atoms with Crippen LogP contribution in [0.2, 0.25) is 0 Å². The van der Waals surface area contributed by atoms with E-state index in [2.05, 4.69) is 36.4 Å². The molecule has 0 bridgehead atoms. The minimum absolute atomic E-state index is 0.128. The lowest BCUT2D eigenvalue weighted by molar-refractivity contribution is -0.121. The van der Waals surface area contributed by atoms with Gasteiger partial charge in [-0.1, -0.05) is 13.8 Å². The second kappa shape index (κ2) is 6.86. The lowest BCUT2D eigenvalue weighted by Gasteiger charge is -2.17. The van der Waals surface area contributed by atoms with Crippen LogP contribution in [0.3, 0.4) is 0 Å². The molecule has 4 nitrogen and oxygen atoms in total. The van der Waals surface area contributed by atoms with Gasteiger partial charge in [-0.15, -0.1) is 0 Å². The Kier molecular flexibility index (Phi) is 5.77. The SMILES string of the molecule is CCC(CC)NC(=O)CNC1CCN(C)C1. The number of carbonyl (C=O) groups excluding carboxylic acids is 1. The summed E-state index contributed by atoms with van der Waals surface area (Å²) in [4.78, 5) is 13.9. The number of rotatable bonds is 6. The minimum atomic E-state index is 0.128. The van der Waals surface area contributed by atoms with Crippen molar-refractivity contribution in [3.8, 4) is 0 Å². The molecule has 0 saturated carbocycles. The van der Waals surface area contributed by atoms with E-state index in [4.69, 9.17) is 0 Å². The summed E-state index contributed by atoms with van der Waals surface area (Å²) in [6.07, 6.45) is 3.16. The molecule has 1 aliphatic heterocycles. The van der Waals surface area contributed by atoms with Gasteiger partial charge in [0, 0.05) is 18.6 Å². The molecule has 0 aromatic heterocycles. The first-order valence-electron chi connectivity index (χ1n) is 6.37. The fourth-order valence-corrected chi connectivity index (χ4v) is 2.11. The molecule has 0 spiro atoms. The zero-order valence-corrected chi connectivity index (χ0v) is 10.8. The summed E-state index contributed by atoms with van der Waals surface area (Å²) in [6.45, 7) is 6.85. The van der Waals surface area contributed by atoms with Crippen LogP contribution in [0, 0.1) is 0 Å². The molecule has 0 aliphatic carbocycles. The Bertz CT molecular complexity index is 216. The van der Waals surface area contributed by atoms with Gasteiger partial charge in [-0.2, -0.15) is 0 Å². The van der Waals surface area contributed by atoms with Gasteiger partial charge in [0.1, 0.15) is 0 Å². The molecule has 1 heterocycles. The van der Waals surface area contributed by atoms with E-state index < -0.39 is 0 Å². The van der Waals surface area contributed by atoms with Crippen molar-refractivity contribution < 1.29 is 4.79 Å². The quantitative estimate of drug-likeness (QED) is 0.698. The number of nitrogens with zero attached hydrogens (tertiary/aromatic N) is 1. The summed E-state index contributed by atoms with van der Waals surface area (Å²) >= 11 is 0. The Hall–Kier alpha value is -0.610. The second-order valence-corrected chi connectivity index (χ2v) is 4.71. The predicted octanol–water partition coefficient (Wildman–Crippen LogP) is 0.585. The summed E-state index contributed by atoms with van der Waals surface area (Å²) < 4.78 is 0. The van der Waals surface area contributed by atoms with Crippen molar-refractivity contribution in [2.45, 2.75) is 45.2 Å². The van der Waals surface area contributed by atoms with E-state index in [0.717, 1.165) is 32.4 Å². The molecule has 1 atom stereocenters. The third-order valence-electron chi connectivity index (χ3n) is 3.29. The highest BCUT2D eigenvalue weighted by molar-refractivity contribution is 5.78. The van der Waals surface area contributed by atoms with Gasteiger partial charge in [-0.25, -0.2) is 0 Å². The summed E-state index contributed by atoms with van der Waals surface area (Å²) in [5, 5.41) is 6.35. The molecule has 1 saturated heterocycles. The maximum Gasteiger partial charge on any atom is 0.234 e. The molecule has 1 rings (SSSR count). The maximum absolute atomic E-state index is 11.6. The molecule has 1 fully saturated rings. The highest BCUT2D eigenvalue weighted by Crippen LogP contribution is 2.05. The van der Waals surface area contributed by atoms with E-state index in [9.17, 15) is 4.79 Å². The van der Waals surface area contributed by atoms with Crippen LogP contribution in [0.4, 0.5) is 0 Å². The van der Waals surface area contributed by atoms with Crippen LogP contribution in [0.5, 0.6) is 0 Å². The van der Waals surface area contributed by atoms with Gasteiger partial charge in [0.25, 0.3) is 0 Å². The summed E-state index contributed by atoms with van der Waals surface area (Å²) in [6, 6.07) is 0.818. The molecule has 2 N–H and O–H groups in total. The second-order valence-electron chi connectivity index (χ2n) is 4.71. The Morgan fingerprint density at radius 3 is 2.62 bits per heavy atom. The van der Waals surface area contributed by atoms with Gasteiger partial charge >= 0.3 is 0 Å². The molecular weight excluding hydrogens is 202 g/mol. The van der Waals surface area contributed by atoms with E-state index in [1.807, 2.05) is 0 Å². The van der Waals surface area contributed by atoms with Crippen molar-refractivity contribution in [1.82, 2.24) is 15.5 Å². The molecule has 1 aliphatic rings. The normalized spacial score (nSPS) is 21.6. The number of hydrogen-bond acceptors (Lipinski definition) is 3. The van der Waals surface area contributed by atoms with Gasteiger partial charge in [-0.3, -0.25) is 4.79 Å². The van der Waals surface area contributed by atoms with Gasteiger partial charge in [0.2, 0.25) is 5.91 Å². The number of carbonyl (C=O) groups is 1. The van der Waals surface area contributed by atoms with Crippen LogP contribution in [0.25, 0.3) is 0 Å². The molecular formula is C12H25N3O. The first-order valence-corrected chi connectivity index (χ1v) is 6.37. The molecule has 0 aromatic carbocycles. The predicted molar refractivity (Wildman–Crippen MR) is 66.4 cm³/mol. The average molecular weight is 227 g/mol. The lowest BCUT2D eigenvalue weighted by Crippen LogP contribution is -2.43. The summed E-state index contributed by atoms with van der Waals surface area (Å²) in [5.41, 5.74) is 0. The van der Waals surface area contributed by atoms with Crippen molar-refractivity contribution in [1.29, 1.82) is 0 Å². The number of hydrogen-bond donors (Lipinski definition) is 2. The van der Waals surface area contributed by atoms with Gasteiger partial charge in [-0.05, 0) is 32.9 Å². The average Bonchev–Trinajstić information content (AvgIpc) is 2.69. The van der Waals surface area contributed by atoms with Gasteiger partial charge in [0.15, 0.2) is 0 Å². The largest absolute Gasteiger partial charge is 0.352 e. The summed E-state index contributed by atoms with van der Waals surface area (Å²) in [7, 11) is 2.12. The van der Waals surface area contributed by atoms with Crippen LogP contribution < -0.4 is 10.6 Å². The molecule has 94 valence electrons. The van der Waals surface area contributed by atoms with Crippen LogP contribution in [0.1, 0.15) is 33.1 Å². The van der Waals surface area contributed by atoms with Gasteiger partial charge in [0.05, 0.1) is 6.54 Å². The fraction of sp³-hybridized carbons (Fsp3) is 0.917. The van der Waals surface area contributed by atoms with Crippen LogP contribution >= 0.6 is 0 Å². The van der Waals surface area contributed by atoms with Gasteiger partial charge < -0.3 is 15.5 Å². The Balaban J connectivity index is 2.14. The minimum Gasteiger partial charge on any atom is -0.352 e. The molecule has 4 heteroatoms. The zero-order valence-electron chi connectivity index (χ0n) is 10.8. The number of likely N-dealkylation sites (tertiary alicyclic amines) is 1. The third-order valence-corrected chi connectivity index (χ3v) is 3.29. The van der Waals surface area contributed by atoms with E-state index >= 15 is 0 Å². The molecule has 1 amide bonds. The zero-order chi connectivity index (χ0) is 12.0. The number of nitrogens with one attached hydrogen (secondary N) is 2. The summed E-state index contributed by atoms with van der Waals surface area (Å²) in [5.74, 6) is 0.128. The standard InChI is InChI=1S/C12H25N3O/c1-4-10(5-2)14-12(16)8-13-11-6-7-15(3)9-11/h10-11,13H,4-9H2,1-3H3,(H,14,16). The fourth-order valence-electron chi connectivity index (χ4n) is 2.11. The van der Waals surface area contributed by atoms with E-state index in [1.165, 1.54) is 0 Å². The highest BCUT2D eigenvalue weighted by Gasteiger charge is 2.19. The highest BCUT2D eigenvalue weighted by atomic mass is 16.1. The molecule has 1 unspecified atom stereocenters. The van der Waals surface area contributed by atoms with Crippen molar-refractivity contribution in [3.63, 3.8) is 0 Å². The first kappa shape index (κ1) is 13.5. The number of amides is 1. The Morgan fingerprint density at radius 2 is 2.12 bits per heavy atom. The van der Waals surface area contributed by atoms with Crippen LogP contribution in [0.15, 0.2) is 0 Å². The van der Waals surface area contributed by atoms with E-state index in [-0.39, 0.29) is 5.91 Å².